The second-order valence-electron chi connectivity index (χ2n) is 9.98. The van der Waals surface area contributed by atoms with E-state index in [4.69, 9.17) is 0 Å². The first-order valence-corrected chi connectivity index (χ1v) is 12.6. The fourth-order valence-electron chi connectivity index (χ4n) is 4.83. The van der Waals surface area contributed by atoms with Gasteiger partial charge in [0.25, 0.3) is 0 Å². The van der Waals surface area contributed by atoms with Crippen molar-refractivity contribution in [1.29, 1.82) is 0 Å². The highest BCUT2D eigenvalue weighted by Crippen LogP contribution is 2.31. The van der Waals surface area contributed by atoms with Crippen LogP contribution in [0.3, 0.4) is 0 Å². The van der Waals surface area contributed by atoms with Crippen LogP contribution in [0.4, 0.5) is 10.5 Å². The Balaban J connectivity index is 1.55. The normalized spacial score (nSPS) is 19.7. The average Bonchev–Trinajstić information content (AvgIpc) is 3.32. The molecular formula is C26H42N4O2. The van der Waals surface area contributed by atoms with Crippen molar-refractivity contribution in [3.8, 4) is 0 Å². The molecule has 1 saturated carbocycles. The van der Waals surface area contributed by atoms with Gasteiger partial charge >= 0.3 is 6.03 Å². The third kappa shape index (κ3) is 6.47. The van der Waals surface area contributed by atoms with Gasteiger partial charge in [0.2, 0.25) is 5.91 Å². The molecule has 0 spiro atoms. The summed E-state index contributed by atoms with van der Waals surface area (Å²) in [7, 11) is 0. The first kappa shape index (κ1) is 24.6. The lowest BCUT2D eigenvalue weighted by Gasteiger charge is -2.40. The summed E-state index contributed by atoms with van der Waals surface area (Å²) in [6.07, 6.45) is 5.78. The Labute approximate surface area is 194 Å². The molecule has 0 radical (unpaired) electrons. The molecule has 3 rings (SSSR count). The molecule has 1 aromatic rings. The number of urea groups is 1. The van der Waals surface area contributed by atoms with Gasteiger partial charge in [-0.2, -0.15) is 0 Å². The highest BCUT2D eigenvalue weighted by Gasteiger charge is 2.37. The fourth-order valence-corrected chi connectivity index (χ4v) is 4.83. The molecule has 1 aliphatic heterocycles. The molecule has 32 heavy (non-hydrogen) atoms. The lowest BCUT2D eigenvalue weighted by Crippen LogP contribution is -2.58. The molecule has 0 unspecified atom stereocenters. The summed E-state index contributed by atoms with van der Waals surface area (Å²) in [6.45, 7) is 12.2. The number of rotatable bonds is 8. The zero-order valence-electron chi connectivity index (χ0n) is 20.4. The van der Waals surface area contributed by atoms with Crippen LogP contribution < -0.4 is 10.6 Å². The van der Waals surface area contributed by atoms with Gasteiger partial charge in [0, 0.05) is 38.4 Å². The number of amides is 3. The highest BCUT2D eigenvalue weighted by atomic mass is 16.2. The number of nitrogens with one attached hydrogen (secondary N) is 2. The van der Waals surface area contributed by atoms with Crippen LogP contribution in [0, 0.1) is 11.8 Å². The number of anilines is 1. The van der Waals surface area contributed by atoms with Crippen molar-refractivity contribution in [2.75, 3.05) is 38.0 Å². The van der Waals surface area contributed by atoms with Gasteiger partial charge < -0.3 is 15.5 Å². The summed E-state index contributed by atoms with van der Waals surface area (Å²) in [6, 6.07) is 7.98. The van der Waals surface area contributed by atoms with Crippen LogP contribution in [0.1, 0.15) is 71.3 Å². The molecule has 1 aliphatic carbocycles. The number of piperazine rings is 1. The van der Waals surface area contributed by atoms with Crippen LogP contribution in [-0.2, 0) is 4.79 Å². The van der Waals surface area contributed by atoms with Crippen LogP contribution in [0.15, 0.2) is 24.3 Å². The Morgan fingerprint density at radius 1 is 1.00 bits per heavy atom. The molecule has 0 bridgehead atoms. The molecule has 1 saturated heterocycles. The number of benzene rings is 1. The maximum absolute atomic E-state index is 13.1. The van der Waals surface area contributed by atoms with Crippen LogP contribution in [0.25, 0.3) is 0 Å². The molecule has 178 valence electrons. The summed E-state index contributed by atoms with van der Waals surface area (Å²) >= 11 is 0. The zero-order valence-corrected chi connectivity index (χ0v) is 20.4. The Bertz CT molecular complexity index is 735. The Morgan fingerprint density at radius 2 is 1.62 bits per heavy atom. The fraction of sp³-hybridized carbons (Fsp3) is 0.692. The molecule has 1 aromatic carbocycles. The van der Waals surface area contributed by atoms with Crippen molar-refractivity contribution in [1.82, 2.24) is 15.1 Å². The van der Waals surface area contributed by atoms with Gasteiger partial charge in [-0.15, -0.1) is 0 Å². The van der Waals surface area contributed by atoms with Crippen molar-refractivity contribution in [2.45, 2.75) is 71.8 Å². The minimum Gasteiger partial charge on any atom is -0.354 e. The number of hydrogen-bond donors (Lipinski definition) is 2. The van der Waals surface area contributed by atoms with Gasteiger partial charge in [-0.1, -0.05) is 59.1 Å². The number of hydrogen-bond acceptors (Lipinski definition) is 3. The topological polar surface area (TPSA) is 64.7 Å². The predicted octanol–water partition coefficient (Wildman–Crippen LogP) is 4.68. The molecule has 1 heterocycles. The summed E-state index contributed by atoms with van der Waals surface area (Å²) < 4.78 is 0. The van der Waals surface area contributed by atoms with Crippen molar-refractivity contribution in [3.63, 3.8) is 0 Å². The summed E-state index contributed by atoms with van der Waals surface area (Å²) in [5.74, 6) is 1.59. The molecule has 6 heteroatoms. The second kappa shape index (κ2) is 11.7. The third-order valence-corrected chi connectivity index (χ3v) is 7.26. The smallest absolute Gasteiger partial charge is 0.321 e. The minimum atomic E-state index is -0.0599. The maximum Gasteiger partial charge on any atom is 0.321 e. The van der Waals surface area contributed by atoms with E-state index in [9.17, 15) is 9.59 Å². The lowest BCUT2D eigenvalue weighted by atomic mass is 9.94. The SMILES string of the molecule is CC[C@H](C)CNC(=O)[C@H](C1CCCC1)N1CCN(C(=O)Nc2ccc(C(C)C)cc2)CC1. The second-order valence-corrected chi connectivity index (χ2v) is 9.98. The Morgan fingerprint density at radius 3 is 2.19 bits per heavy atom. The molecule has 3 amide bonds. The van der Waals surface area contributed by atoms with Crippen molar-refractivity contribution in [2.24, 2.45) is 11.8 Å². The third-order valence-electron chi connectivity index (χ3n) is 7.26. The average molecular weight is 443 g/mol. The Hall–Kier alpha value is -2.08. The molecule has 6 nitrogen and oxygen atoms in total. The largest absolute Gasteiger partial charge is 0.354 e. The predicted molar refractivity (Wildman–Crippen MR) is 131 cm³/mol. The molecule has 2 N–H and O–H groups in total. The van der Waals surface area contributed by atoms with E-state index in [-0.39, 0.29) is 18.0 Å². The van der Waals surface area contributed by atoms with Gasteiger partial charge in [-0.3, -0.25) is 9.69 Å². The highest BCUT2D eigenvalue weighted by molar-refractivity contribution is 5.89. The van der Waals surface area contributed by atoms with Crippen molar-refractivity contribution >= 4 is 17.6 Å². The molecular weight excluding hydrogens is 400 g/mol. The summed E-state index contributed by atoms with van der Waals surface area (Å²) in [4.78, 5) is 30.1. The minimum absolute atomic E-state index is 0.0550. The Kier molecular flexibility index (Phi) is 8.97. The number of carbonyl (C=O) groups is 2. The van der Waals surface area contributed by atoms with Gasteiger partial charge in [-0.25, -0.2) is 4.79 Å². The van der Waals surface area contributed by atoms with E-state index in [2.05, 4.69) is 55.4 Å². The van der Waals surface area contributed by atoms with E-state index in [1.54, 1.807) is 0 Å². The van der Waals surface area contributed by atoms with Crippen LogP contribution in [0.5, 0.6) is 0 Å². The summed E-state index contributed by atoms with van der Waals surface area (Å²) in [5, 5.41) is 6.24. The van der Waals surface area contributed by atoms with Crippen molar-refractivity contribution in [3.05, 3.63) is 29.8 Å². The quantitative estimate of drug-likeness (QED) is 0.614. The molecule has 2 fully saturated rings. The van der Waals surface area contributed by atoms with Crippen LogP contribution >= 0.6 is 0 Å². The van der Waals surface area contributed by atoms with E-state index < -0.39 is 0 Å². The van der Waals surface area contributed by atoms with E-state index in [1.165, 1.54) is 18.4 Å². The number of nitrogens with zero attached hydrogens (tertiary/aromatic N) is 2. The van der Waals surface area contributed by atoms with Gasteiger partial charge in [0.1, 0.15) is 0 Å². The molecule has 0 aromatic heterocycles. The van der Waals surface area contributed by atoms with Crippen molar-refractivity contribution < 1.29 is 9.59 Å². The van der Waals surface area contributed by atoms with Gasteiger partial charge in [0.15, 0.2) is 0 Å². The monoisotopic (exact) mass is 442 g/mol. The standard InChI is InChI=1S/C26H42N4O2/c1-5-20(4)18-27-25(31)24(22-8-6-7-9-22)29-14-16-30(17-15-29)26(32)28-23-12-10-21(11-13-23)19(2)3/h10-13,19-20,22,24H,5-9,14-18H2,1-4H3,(H,27,31)(H,28,32)/t20-,24-/m0/s1. The molecule has 2 aliphatic rings. The maximum atomic E-state index is 13.1. The van der Waals surface area contributed by atoms with Gasteiger partial charge in [0.05, 0.1) is 6.04 Å². The van der Waals surface area contributed by atoms with E-state index in [0.29, 0.717) is 30.8 Å². The zero-order chi connectivity index (χ0) is 23.1. The van der Waals surface area contributed by atoms with Crippen LogP contribution in [0.2, 0.25) is 0 Å². The van der Waals surface area contributed by atoms with Crippen LogP contribution in [-0.4, -0.2) is 60.5 Å². The molecule has 2 atom stereocenters. The first-order valence-electron chi connectivity index (χ1n) is 12.6. The van der Waals surface area contributed by atoms with Gasteiger partial charge in [-0.05, 0) is 48.3 Å². The first-order chi connectivity index (χ1) is 15.4. The van der Waals surface area contributed by atoms with E-state index in [0.717, 1.165) is 44.6 Å². The van der Waals surface area contributed by atoms with E-state index in [1.807, 2.05) is 17.0 Å². The number of carbonyl (C=O) groups excluding carboxylic acids is 2. The lowest BCUT2D eigenvalue weighted by molar-refractivity contribution is -0.129. The van der Waals surface area contributed by atoms with E-state index >= 15 is 0 Å². The summed E-state index contributed by atoms with van der Waals surface area (Å²) in [5.41, 5.74) is 2.09.